The second kappa shape index (κ2) is 11.6. The number of nitrogens with zero attached hydrogens (tertiary/aromatic N) is 3. The topological polar surface area (TPSA) is 42.2 Å². The lowest BCUT2D eigenvalue weighted by atomic mass is 9.82. The first-order valence-corrected chi connectivity index (χ1v) is 17.8. The molecule has 1 aliphatic carbocycles. The van der Waals surface area contributed by atoms with Gasteiger partial charge in [-0.05, 0) is 101 Å². The Morgan fingerprint density at radius 3 is 2.27 bits per heavy atom. The number of rotatable bonds is 5. The van der Waals surface area contributed by atoms with Crippen LogP contribution in [0.4, 0.5) is 17.3 Å². The van der Waals surface area contributed by atoms with Crippen LogP contribution in [0.1, 0.15) is 60.0 Å². The van der Waals surface area contributed by atoms with Gasteiger partial charge in [0.25, 0.3) is 0 Å². The molecule has 252 valence electrons. The van der Waals surface area contributed by atoms with Gasteiger partial charge < -0.3 is 4.42 Å². The molecular formula is C48H39N3O. The third kappa shape index (κ3) is 4.82. The van der Waals surface area contributed by atoms with E-state index in [1.807, 2.05) is 31.2 Å². The van der Waals surface area contributed by atoms with E-state index in [0.717, 1.165) is 83.7 Å². The molecule has 0 saturated carbocycles. The lowest BCUT2D eigenvalue weighted by Crippen LogP contribution is -2.18. The molecule has 0 atom stereocenters. The summed E-state index contributed by atoms with van der Waals surface area (Å²) in [6.07, 6.45) is 8.44. The summed E-state index contributed by atoms with van der Waals surface area (Å²) in [5.74, 6) is 0.604. The van der Waals surface area contributed by atoms with Crippen LogP contribution in [-0.2, 0) is 5.41 Å². The Labute approximate surface area is 304 Å². The Morgan fingerprint density at radius 1 is 0.712 bits per heavy atom. The molecule has 3 heterocycles. The minimum absolute atomic E-state index is 0.130. The number of para-hydroxylation sites is 2. The molecular weight excluding hydrogens is 635 g/mol. The van der Waals surface area contributed by atoms with Crippen LogP contribution in [0.25, 0.3) is 61.9 Å². The summed E-state index contributed by atoms with van der Waals surface area (Å²) < 4.78 is 6.47. The van der Waals surface area contributed by atoms with E-state index in [9.17, 15) is 0 Å². The van der Waals surface area contributed by atoms with Crippen molar-refractivity contribution in [3.05, 3.63) is 167 Å². The molecule has 0 fully saturated rings. The summed E-state index contributed by atoms with van der Waals surface area (Å²) in [5.41, 5.74) is 17.7. The van der Waals surface area contributed by atoms with Crippen LogP contribution < -0.4 is 4.90 Å². The van der Waals surface area contributed by atoms with Crippen molar-refractivity contribution in [3.63, 3.8) is 0 Å². The minimum Gasteiger partial charge on any atom is -0.455 e. The third-order valence-corrected chi connectivity index (χ3v) is 10.8. The lowest BCUT2D eigenvalue weighted by molar-refractivity contribution is 0.660. The van der Waals surface area contributed by atoms with E-state index in [-0.39, 0.29) is 5.41 Å². The van der Waals surface area contributed by atoms with Crippen molar-refractivity contribution in [1.82, 2.24) is 9.97 Å². The number of hydrogen-bond donors (Lipinski definition) is 0. The molecule has 0 saturated heterocycles. The maximum absolute atomic E-state index is 6.47. The summed E-state index contributed by atoms with van der Waals surface area (Å²) in [4.78, 5) is 12.7. The summed E-state index contributed by atoms with van der Waals surface area (Å²) in [5, 5.41) is 2.23. The second-order valence-corrected chi connectivity index (χ2v) is 14.6. The predicted octanol–water partition coefficient (Wildman–Crippen LogP) is 13.1. The van der Waals surface area contributed by atoms with Gasteiger partial charge in [0.05, 0.1) is 17.1 Å². The quantitative estimate of drug-likeness (QED) is 0.171. The number of aromatic nitrogens is 2. The fraction of sp³-hybridized carbons (Fsp3) is 0.125. The highest BCUT2D eigenvalue weighted by Gasteiger charge is 2.37. The molecule has 0 unspecified atom stereocenters. The van der Waals surface area contributed by atoms with Crippen molar-refractivity contribution >= 4 is 57.0 Å². The molecule has 1 aliphatic heterocycles. The van der Waals surface area contributed by atoms with Crippen LogP contribution in [0.15, 0.2) is 132 Å². The third-order valence-electron chi connectivity index (χ3n) is 10.8. The Kier molecular flexibility index (Phi) is 7.10. The van der Waals surface area contributed by atoms with Crippen molar-refractivity contribution in [2.24, 2.45) is 0 Å². The van der Waals surface area contributed by atoms with Gasteiger partial charge in [-0.1, -0.05) is 124 Å². The molecule has 5 aromatic carbocycles. The fourth-order valence-corrected chi connectivity index (χ4v) is 7.99. The van der Waals surface area contributed by atoms with E-state index >= 15 is 0 Å². The van der Waals surface area contributed by atoms with Gasteiger partial charge in [-0.3, -0.25) is 4.90 Å². The molecule has 2 aromatic heterocycles. The first kappa shape index (κ1) is 31.7. The number of hydrogen-bond acceptors (Lipinski definition) is 4. The molecule has 0 amide bonds. The maximum Gasteiger partial charge on any atom is 0.235 e. The molecule has 4 heteroatoms. The predicted molar refractivity (Wildman–Crippen MR) is 218 cm³/mol. The molecule has 7 aromatic rings. The highest BCUT2D eigenvalue weighted by molar-refractivity contribution is 6.10. The summed E-state index contributed by atoms with van der Waals surface area (Å²) in [6.45, 7) is 19.2. The van der Waals surface area contributed by atoms with E-state index < -0.39 is 0 Å². The fourth-order valence-electron chi connectivity index (χ4n) is 7.99. The second-order valence-electron chi connectivity index (χ2n) is 14.6. The van der Waals surface area contributed by atoms with Crippen molar-refractivity contribution in [2.45, 2.75) is 40.0 Å². The van der Waals surface area contributed by atoms with Crippen molar-refractivity contribution in [1.29, 1.82) is 0 Å². The molecule has 2 aliphatic rings. The Bertz CT molecular complexity index is 2740. The van der Waals surface area contributed by atoms with Gasteiger partial charge >= 0.3 is 0 Å². The Hall–Kier alpha value is -6.26. The first-order valence-electron chi connectivity index (χ1n) is 17.8. The average Bonchev–Trinajstić information content (AvgIpc) is 3.57. The van der Waals surface area contributed by atoms with E-state index in [2.05, 4.69) is 143 Å². The van der Waals surface area contributed by atoms with Crippen LogP contribution >= 0.6 is 0 Å². The number of aryl methyl sites for hydroxylation is 1. The molecule has 0 bridgehead atoms. The SMILES string of the molecule is C=C(C)/C=C\C(=C)c1nc(N2c3ccc(-c4cccc5c4oc4ccccc45)cc3C=Cc3cc4c(cc32)-c2ccccc2C4(C)C)nc(C)c1C. The number of allylic oxidation sites excluding steroid dienone is 4. The molecule has 4 nitrogen and oxygen atoms in total. The van der Waals surface area contributed by atoms with Crippen molar-refractivity contribution in [2.75, 3.05) is 4.90 Å². The summed E-state index contributed by atoms with van der Waals surface area (Å²) >= 11 is 0. The average molecular weight is 674 g/mol. The number of furan rings is 1. The lowest BCUT2D eigenvalue weighted by Gasteiger charge is -2.28. The van der Waals surface area contributed by atoms with Crippen LogP contribution in [0.2, 0.25) is 0 Å². The van der Waals surface area contributed by atoms with Gasteiger partial charge in [-0.15, -0.1) is 0 Å². The number of fused-ring (bicyclic) bond motifs is 8. The molecule has 0 spiro atoms. The Balaban J connectivity index is 1.28. The largest absolute Gasteiger partial charge is 0.455 e. The van der Waals surface area contributed by atoms with Gasteiger partial charge in [0, 0.05) is 27.4 Å². The highest BCUT2D eigenvalue weighted by Crippen LogP contribution is 2.53. The number of benzene rings is 5. The van der Waals surface area contributed by atoms with Gasteiger partial charge in [-0.25, -0.2) is 9.97 Å². The summed E-state index contributed by atoms with van der Waals surface area (Å²) in [7, 11) is 0. The van der Waals surface area contributed by atoms with E-state index in [1.54, 1.807) is 0 Å². The van der Waals surface area contributed by atoms with Crippen LogP contribution in [0, 0.1) is 13.8 Å². The van der Waals surface area contributed by atoms with Gasteiger partial charge in [0.15, 0.2) is 0 Å². The first-order chi connectivity index (χ1) is 25.1. The minimum atomic E-state index is -0.130. The summed E-state index contributed by atoms with van der Waals surface area (Å²) in [6, 6.07) is 34.8. The zero-order valence-electron chi connectivity index (χ0n) is 30.2. The maximum atomic E-state index is 6.47. The van der Waals surface area contributed by atoms with Gasteiger partial charge in [-0.2, -0.15) is 0 Å². The smallest absolute Gasteiger partial charge is 0.235 e. The van der Waals surface area contributed by atoms with E-state index in [4.69, 9.17) is 14.4 Å². The van der Waals surface area contributed by atoms with Crippen LogP contribution in [0.5, 0.6) is 0 Å². The molecule has 0 N–H and O–H groups in total. The number of anilines is 3. The normalized spacial score (nSPS) is 14.0. The van der Waals surface area contributed by atoms with Gasteiger partial charge in [0.2, 0.25) is 5.95 Å². The molecule has 52 heavy (non-hydrogen) atoms. The zero-order valence-corrected chi connectivity index (χ0v) is 30.2. The molecule has 0 radical (unpaired) electrons. The van der Waals surface area contributed by atoms with Crippen LogP contribution in [-0.4, -0.2) is 9.97 Å². The molecule has 9 rings (SSSR count). The monoisotopic (exact) mass is 673 g/mol. The van der Waals surface area contributed by atoms with E-state index in [0.29, 0.717) is 5.95 Å². The van der Waals surface area contributed by atoms with Crippen molar-refractivity contribution in [3.8, 4) is 22.3 Å². The highest BCUT2D eigenvalue weighted by atomic mass is 16.3. The van der Waals surface area contributed by atoms with E-state index in [1.165, 1.54) is 22.3 Å². The van der Waals surface area contributed by atoms with Crippen LogP contribution in [0.3, 0.4) is 0 Å². The Morgan fingerprint density at radius 2 is 1.44 bits per heavy atom. The van der Waals surface area contributed by atoms with Crippen molar-refractivity contribution < 1.29 is 4.42 Å². The zero-order chi connectivity index (χ0) is 35.9. The van der Waals surface area contributed by atoms with Gasteiger partial charge in [0.1, 0.15) is 11.2 Å². The standard InChI is InChI=1S/C48H39N3O/c1-28(2)19-20-29(3)45-30(4)31(5)49-47(50-45)51-42-24-23-32(35-15-12-16-38-37-14-9-11-18-44(37)52-46(35)38)25-33(42)21-22-34-26-41-39(27-43(34)51)36-13-8-10-17-40(36)48(41,6)7/h8-27H,1,3H2,2,4-7H3/b20-19-.